The van der Waals surface area contributed by atoms with Crippen LogP contribution in [0.15, 0.2) is 36.4 Å². The highest BCUT2D eigenvalue weighted by molar-refractivity contribution is 6.04. The summed E-state index contributed by atoms with van der Waals surface area (Å²) in [6.45, 7) is 0. The Bertz CT molecular complexity index is 1080. The summed E-state index contributed by atoms with van der Waals surface area (Å²) in [5, 5.41) is 40.9. The van der Waals surface area contributed by atoms with Crippen LogP contribution in [0.2, 0.25) is 0 Å². The fourth-order valence-corrected chi connectivity index (χ4v) is 2.89. The van der Waals surface area contributed by atoms with Gasteiger partial charge in [-0.1, -0.05) is 12.1 Å². The molecule has 0 spiro atoms. The van der Waals surface area contributed by atoms with Crippen LogP contribution in [0.25, 0.3) is 11.1 Å². The summed E-state index contributed by atoms with van der Waals surface area (Å²) in [6, 6.07) is 7.85. The van der Waals surface area contributed by atoms with Gasteiger partial charge in [0.2, 0.25) is 11.8 Å². The Morgan fingerprint density at radius 1 is 0.559 bits per heavy atom. The Labute approximate surface area is 191 Å². The van der Waals surface area contributed by atoms with E-state index in [0.717, 1.165) is 0 Å². The standard InChI is InChI=1S/C22H20N2O10/c25-17(5-7-19(27)28)23-15-9-11(1-3-13(15)21(31)32)12-2-4-14(22(33)34)16(10-12)24-18(26)6-8-20(29)30/h1-4,9-10H,5-8H2,(H,23,25)(H,24,26)(H,27,28)(H,29,30)(H,31,32)(H,33,34). The van der Waals surface area contributed by atoms with Crippen LogP contribution in [0.4, 0.5) is 11.4 Å². The maximum Gasteiger partial charge on any atom is 0.337 e. The Kier molecular flexibility index (Phi) is 8.42. The number of carboxylic acid groups (broad SMARTS) is 4. The zero-order valence-corrected chi connectivity index (χ0v) is 17.5. The van der Waals surface area contributed by atoms with Crippen LogP contribution in [0, 0.1) is 0 Å². The number of anilines is 2. The highest BCUT2D eigenvalue weighted by Gasteiger charge is 2.18. The highest BCUT2D eigenvalue weighted by atomic mass is 16.4. The van der Waals surface area contributed by atoms with Crippen molar-refractivity contribution in [1.82, 2.24) is 0 Å². The van der Waals surface area contributed by atoms with Crippen molar-refractivity contribution in [3.63, 3.8) is 0 Å². The van der Waals surface area contributed by atoms with E-state index in [1.807, 2.05) is 0 Å². The van der Waals surface area contributed by atoms with Gasteiger partial charge in [-0.3, -0.25) is 19.2 Å². The van der Waals surface area contributed by atoms with Crippen LogP contribution in [-0.4, -0.2) is 56.1 Å². The number of amides is 2. The SMILES string of the molecule is O=C(O)CCC(=O)Nc1cc(-c2ccc(C(=O)O)c(NC(=O)CCC(=O)O)c2)ccc1C(=O)O. The monoisotopic (exact) mass is 472 g/mol. The minimum Gasteiger partial charge on any atom is -0.481 e. The zero-order valence-electron chi connectivity index (χ0n) is 17.5. The molecule has 0 fully saturated rings. The predicted molar refractivity (Wildman–Crippen MR) is 117 cm³/mol. The maximum atomic E-state index is 12.0. The molecule has 12 nitrogen and oxygen atoms in total. The van der Waals surface area contributed by atoms with Gasteiger partial charge in [-0.25, -0.2) is 9.59 Å². The summed E-state index contributed by atoms with van der Waals surface area (Å²) in [7, 11) is 0. The molecule has 2 aromatic carbocycles. The normalized spacial score (nSPS) is 10.2. The second-order valence-corrected chi connectivity index (χ2v) is 7.01. The van der Waals surface area contributed by atoms with Gasteiger partial charge >= 0.3 is 23.9 Å². The van der Waals surface area contributed by atoms with Crippen molar-refractivity contribution < 1.29 is 49.2 Å². The Hall–Kier alpha value is -4.74. The first-order valence-electron chi connectivity index (χ1n) is 9.76. The lowest BCUT2D eigenvalue weighted by Crippen LogP contribution is -2.16. The third kappa shape index (κ3) is 7.15. The van der Waals surface area contributed by atoms with Gasteiger partial charge in [0, 0.05) is 12.8 Å². The molecule has 0 aliphatic heterocycles. The van der Waals surface area contributed by atoms with Crippen molar-refractivity contribution in [1.29, 1.82) is 0 Å². The highest BCUT2D eigenvalue weighted by Crippen LogP contribution is 2.30. The van der Waals surface area contributed by atoms with E-state index in [0.29, 0.717) is 11.1 Å². The van der Waals surface area contributed by atoms with Crippen LogP contribution in [0.1, 0.15) is 46.4 Å². The summed E-state index contributed by atoms with van der Waals surface area (Å²) in [5.41, 5.74) is 0.00561. The first-order chi connectivity index (χ1) is 16.0. The molecule has 0 atom stereocenters. The van der Waals surface area contributed by atoms with Gasteiger partial charge in [-0.15, -0.1) is 0 Å². The van der Waals surface area contributed by atoms with Crippen LogP contribution < -0.4 is 10.6 Å². The minimum atomic E-state index is -1.34. The van der Waals surface area contributed by atoms with Gasteiger partial charge in [0.05, 0.1) is 35.3 Å². The van der Waals surface area contributed by atoms with Gasteiger partial charge in [0.25, 0.3) is 0 Å². The molecule has 0 saturated heterocycles. The lowest BCUT2D eigenvalue weighted by atomic mass is 9.99. The number of carbonyl (C=O) groups excluding carboxylic acids is 2. The third-order valence-corrected chi connectivity index (χ3v) is 4.51. The second kappa shape index (κ2) is 11.2. The molecule has 2 aromatic rings. The molecule has 0 heterocycles. The van der Waals surface area contributed by atoms with Crippen LogP contribution in [0.3, 0.4) is 0 Å². The summed E-state index contributed by atoms with van der Waals surface area (Å²) in [6.07, 6.45) is -1.65. The van der Waals surface area contributed by atoms with E-state index < -0.39 is 48.5 Å². The predicted octanol–water partition coefficient (Wildman–Crippen LogP) is 2.36. The minimum absolute atomic E-state index is 0.102. The third-order valence-electron chi connectivity index (χ3n) is 4.51. The van der Waals surface area contributed by atoms with Crippen molar-refractivity contribution in [3.05, 3.63) is 47.5 Å². The van der Waals surface area contributed by atoms with Crippen LogP contribution >= 0.6 is 0 Å². The Balaban J connectivity index is 2.41. The molecule has 0 aliphatic rings. The number of hydrogen-bond donors (Lipinski definition) is 6. The van der Waals surface area contributed by atoms with Crippen molar-refractivity contribution in [2.75, 3.05) is 10.6 Å². The zero-order chi connectivity index (χ0) is 25.4. The number of aromatic carboxylic acids is 2. The van der Waals surface area contributed by atoms with E-state index in [-0.39, 0.29) is 35.3 Å². The molecule has 0 aliphatic carbocycles. The van der Waals surface area contributed by atoms with Gasteiger partial charge in [-0.2, -0.15) is 0 Å². The number of carboxylic acids is 4. The van der Waals surface area contributed by atoms with E-state index in [9.17, 15) is 39.0 Å². The fraction of sp³-hybridized carbons (Fsp3) is 0.182. The molecule has 2 rings (SSSR count). The molecule has 34 heavy (non-hydrogen) atoms. The first-order valence-corrected chi connectivity index (χ1v) is 9.76. The number of rotatable bonds is 11. The summed E-state index contributed by atoms with van der Waals surface area (Å²) >= 11 is 0. The van der Waals surface area contributed by atoms with E-state index >= 15 is 0 Å². The number of aliphatic carboxylic acids is 2. The van der Waals surface area contributed by atoms with Crippen LogP contribution in [-0.2, 0) is 19.2 Å². The lowest BCUT2D eigenvalue weighted by Gasteiger charge is -2.13. The smallest absolute Gasteiger partial charge is 0.337 e. The van der Waals surface area contributed by atoms with Crippen molar-refractivity contribution in [3.8, 4) is 11.1 Å². The van der Waals surface area contributed by atoms with Crippen molar-refractivity contribution in [2.45, 2.75) is 25.7 Å². The first kappa shape index (κ1) is 25.5. The molecule has 2 amide bonds. The average molecular weight is 472 g/mol. The largest absolute Gasteiger partial charge is 0.481 e. The van der Waals surface area contributed by atoms with Gasteiger partial charge < -0.3 is 31.1 Å². The number of hydrogen-bond acceptors (Lipinski definition) is 6. The van der Waals surface area contributed by atoms with Gasteiger partial charge in [0.1, 0.15) is 0 Å². The maximum absolute atomic E-state index is 12.0. The van der Waals surface area contributed by atoms with E-state index in [1.54, 1.807) is 0 Å². The van der Waals surface area contributed by atoms with Gasteiger partial charge in [0.15, 0.2) is 0 Å². The topological polar surface area (TPSA) is 207 Å². The summed E-state index contributed by atoms with van der Waals surface area (Å²) < 4.78 is 0. The lowest BCUT2D eigenvalue weighted by molar-refractivity contribution is -0.138. The Morgan fingerprint density at radius 3 is 1.21 bits per heavy atom. The fourth-order valence-electron chi connectivity index (χ4n) is 2.89. The molecule has 12 heteroatoms. The number of benzene rings is 2. The van der Waals surface area contributed by atoms with E-state index in [4.69, 9.17) is 10.2 Å². The van der Waals surface area contributed by atoms with Crippen LogP contribution in [0.5, 0.6) is 0 Å². The van der Waals surface area contributed by atoms with Crippen molar-refractivity contribution in [2.24, 2.45) is 0 Å². The molecule has 178 valence electrons. The molecule has 0 unspecified atom stereocenters. The molecule has 0 aromatic heterocycles. The van der Waals surface area contributed by atoms with Gasteiger partial charge in [-0.05, 0) is 35.4 Å². The average Bonchev–Trinajstić information content (AvgIpc) is 2.75. The van der Waals surface area contributed by atoms with Crippen molar-refractivity contribution >= 4 is 47.1 Å². The molecule has 0 radical (unpaired) electrons. The summed E-state index contributed by atoms with van der Waals surface area (Å²) in [4.78, 5) is 68.4. The molecule has 6 N–H and O–H groups in total. The summed E-state index contributed by atoms with van der Waals surface area (Å²) in [5.74, 6) is -6.50. The van der Waals surface area contributed by atoms with E-state index in [2.05, 4.69) is 10.6 Å². The molecule has 0 saturated carbocycles. The van der Waals surface area contributed by atoms with E-state index in [1.165, 1.54) is 36.4 Å². The number of nitrogens with one attached hydrogen (secondary N) is 2. The molecular weight excluding hydrogens is 452 g/mol. The Morgan fingerprint density at radius 2 is 0.912 bits per heavy atom. The number of carbonyl (C=O) groups is 6. The second-order valence-electron chi connectivity index (χ2n) is 7.01. The molecule has 0 bridgehead atoms. The quantitative estimate of drug-likeness (QED) is 0.281. The molecular formula is C22H20N2O10.